The van der Waals surface area contributed by atoms with Crippen molar-refractivity contribution in [3.05, 3.63) is 229 Å². The van der Waals surface area contributed by atoms with Crippen LogP contribution in [0, 0.1) is 0 Å². The number of thiol groups is 1. The van der Waals surface area contributed by atoms with Crippen LogP contribution in [0.3, 0.4) is 0 Å². The Morgan fingerprint density at radius 1 is 0.422 bits per heavy atom. The van der Waals surface area contributed by atoms with Gasteiger partial charge >= 0.3 is 0 Å². The lowest BCUT2D eigenvalue weighted by molar-refractivity contribution is -0.114. The Bertz CT molecular complexity index is 3180. The molecule has 2 heterocycles. The third-order valence-electron chi connectivity index (χ3n) is 11.9. The molecule has 0 spiro atoms. The van der Waals surface area contributed by atoms with E-state index in [4.69, 9.17) is 9.97 Å². The van der Waals surface area contributed by atoms with Gasteiger partial charge in [0.25, 0.3) is 0 Å². The van der Waals surface area contributed by atoms with Crippen LogP contribution in [0.5, 0.6) is 0 Å². The SMILES string of the molecule is C/C(S)=C/C(=O)CCc1ccccc1-c1cc(-c2ccccc2-c2ccc(-c3ccc4ccccc4n3)cc2)cc(-c2ccccc2-c2ccc(-c3ccc4ccccc4n3)cc2)c1. The van der Waals surface area contributed by atoms with Crippen LogP contribution < -0.4 is 0 Å². The number of carbonyl (C=O) groups is 1. The van der Waals surface area contributed by atoms with E-state index >= 15 is 0 Å². The lowest BCUT2D eigenvalue weighted by Crippen LogP contribution is -1.99. The van der Waals surface area contributed by atoms with Crippen molar-refractivity contribution in [2.24, 2.45) is 0 Å². The maximum absolute atomic E-state index is 12.9. The molecule has 0 atom stereocenters. The molecule has 0 saturated carbocycles. The van der Waals surface area contributed by atoms with Crippen LogP contribution >= 0.6 is 12.6 Å². The highest BCUT2D eigenvalue weighted by Gasteiger charge is 2.17. The van der Waals surface area contributed by atoms with Gasteiger partial charge in [-0.05, 0) is 128 Å². The highest BCUT2D eigenvalue weighted by Crippen LogP contribution is 2.41. The molecule has 10 aromatic rings. The number of benzene rings is 8. The average Bonchev–Trinajstić information content (AvgIpc) is 3.35. The molecule has 0 unspecified atom stereocenters. The number of pyridine rings is 2. The molecule has 4 heteroatoms. The maximum atomic E-state index is 12.9. The van der Waals surface area contributed by atoms with E-state index in [-0.39, 0.29) is 5.78 Å². The Morgan fingerprint density at radius 3 is 1.27 bits per heavy atom. The van der Waals surface area contributed by atoms with Crippen molar-refractivity contribution in [2.75, 3.05) is 0 Å². The van der Waals surface area contributed by atoms with Gasteiger partial charge in [-0.25, -0.2) is 9.97 Å². The van der Waals surface area contributed by atoms with Gasteiger partial charge in [-0.1, -0.05) is 170 Å². The fourth-order valence-corrected chi connectivity index (χ4v) is 8.89. The van der Waals surface area contributed by atoms with E-state index in [2.05, 4.69) is 201 Å². The van der Waals surface area contributed by atoms with E-state index in [9.17, 15) is 4.79 Å². The van der Waals surface area contributed by atoms with Gasteiger partial charge in [0.2, 0.25) is 0 Å². The number of ketones is 1. The van der Waals surface area contributed by atoms with E-state index < -0.39 is 0 Å². The Hall–Kier alpha value is -7.66. The highest BCUT2D eigenvalue weighted by molar-refractivity contribution is 7.84. The van der Waals surface area contributed by atoms with Crippen molar-refractivity contribution in [1.29, 1.82) is 0 Å². The van der Waals surface area contributed by atoms with E-state index in [1.54, 1.807) is 6.08 Å². The topological polar surface area (TPSA) is 42.9 Å². The molecule has 10 rings (SSSR count). The number of carbonyl (C=O) groups excluding carboxylic acids is 1. The van der Waals surface area contributed by atoms with Gasteiger partial charge in [-0.3, -0.25) is 4.79 Å². The highest BCUT2D eigenvalue weighted by atomic mass is 32.1. The number of aromatic nitrogens is 2. The quantitative estimate of drug-likeness (QED) is 0.104. The van der Waals surface area contributed by atoms with Gasteiger partial charge in [-0.15, -0.1) is 12.6 Å². The van der Waals surface area contributed by atoms with Crippen molar-refractivity contribution >= 4 is 40.2 Å². The summed E-state index contributed by atoms with van der Waals surface area (Å²) in [5.74, 6) is 0.0735. The molecule has 8 aromatic carbocycles. The van der Waals surface area contributed by atoms with E-state index in [0.717, 1.165) is 106 Å². The minimum Gasteiger partial charge on any atom is -0.295 e. The van der Waals surface area contributed by atoms with Gasteiger partial charge in [-0.2, -0.15) is 0 Å². The standard InChI is InChI=1S/C60H44N2OS/c1-40(64)36-51(63)33-30-41-12-2-5-15-52(41)48-37-49(55-18-8-6-16-53(55)42-22-26-46(27-23-42)59-34-31-44-13-3-10-20-57(44)61-59)39-50(38-48)56-19-9-7-17-54(56)43-24-28-47(29-25-43)60-35-32-45-14-4-11-21-58(45)62-60/h2-29,31-32,34-39,64H,30,33H2,1H3/b40-36-. The first-order valence-corrected chi connectivity index (χ1v) is 22.1. The van der Waals surface area contributed by atoms with Gasteiger partial charge in [0.15, 0.2) is 5.78 Å². The van der Waals surface area contributed by atoms with Gasteiger partial charge < -0.3 is 0 Å². The van der Waals surface area contributed by atoms with Crippen molar-refractivity contribution in [1.82, 2.24) is 9.97 Å². The Balaban J connectivity index is 1.07. The molecule has 0 bridgehead atoms. The average molecular weight is 841 g/mol. The van der Waals surface area contributed by atoms with Gasteiger partial charge in [0.05, 0.1) is 22.4 Å². The van der Waals surface area contributed by atoms with Crippen LogP contribution in [0.4, 0.5) is 0 Å². The van der Waals surface area contributed by atoms with E-state index in [1.807, 2.05) is 31.2 Å². The minimum absolute atomic E-state index is 0.0735. The molecular weight excluding hydrogens is 797 g/mol. The number of hydrogen-bond donors (Lipinski definition) is 1. The van der Waals surface area contributed by atoms with Gasteiger partial charge in [0, 0.05) is 28.3 Å². The second kappa shape index (κ2) is 18.0. The number of fused-ring (bicyclic) bond motifs is 2. The summed E-state index contributed by atoms with van der Waals surface area (Å²) in [4.78, 5) is 23.5. The Morgan fingerprint density at radius 2 is 0.797 bits per heavy atom. The van der Waals surface area contributed by atoms with E-state index in [0.29, 0.717) is 17.7 Å². The third-order valence-corrected chi connectivity index (χ3v) is 12.1. The van der Waals surface area contributed by atoms with Crippen LogP contribution in [-0.2, 0) is 11.2 Å². The first-order chi connectivity index (χ1) is 31.4. The molecule has 64 heavy (non-hydrogen) atoms. The smallest absolute Gasteiger partial charge is 0.156 e. The van der Waals surface area contributed by atoms with Crippen LogP contribution in [-0.4, -0.2) is 15.8 Å². The first-order valence-electron chi connectivity index (χ1n) is 21.7. The lowest BCUT2D eigenvalue weighted by Gasteiger charge is -2.18. The largest absolute Gasteiger partial charge is 0.295 e. The molecule has 0 amide bonds. The fourth-order valence-electron chi connectivity index (χ4n) is 8.74. The third kappa shape index (κ3) is 8.57. The molecule has 306 valence electrons. The maximum Gasteiger partial charge on any atom is 0.156 e. The van der Waals surface area contributed by atoms with Gasteiger partial charge in [0.1, 0.15) is 0 Å². The molecular formula is C60H44N2OS. The molecule has 3 nitrogen and oxygen atoms in total. The number of rotatable bonds is 11. The predicted molar refractivity (Wildman–Crippen MR) is 271 cm³/mol. The van der Waals surface area contributed by atoms with Crippen molar-refractivity contribution in [2.45, 2.75) is 19.8 Å². The Kier molecular flexibility index (Phi) is 11.4. The summed E-state index contributed by atoms with van der Waals surface area (Å²) in [6.45, 7) is 1.84. The number of aryl methyl sites for hydroxylation is 1. The molecule has 0 aliphatic carbocycles. The number of hydrogen-bond acceptors (Lipinski definition) is 4. The molecule has 0 radical (unpaired) electrons. The second-order valence-electron chi connectivity index (χ2n) is 16.2. The van der Waals surface area contributed by atoms with Crippen LogP contribution in [0.1, 0.15) is 18.9 Å². The van der Waals surface area contributed by atoms with Crippen LogP contribution in [0.25, 0.3) is 100.0 Å². The van der Waals surface area contributed by atoms with E-state index in [1.165, 1.54) is 0 Å². The van der Waals surface area contributed by atoms with Crippen molar-refractivity contribution < 1.29 is 4.79 Å². The van der Waals surface area contributed by atoms with Crippen molar-refractivity contribution in [3.63, 3.8) is 0 Å². The first kappa shape index (κ1) is 40.4. The normalized spacial score (nSPS) is 11.6. The summed E-state index contributed by atoms with van der Waals surface area (Å²) in [6.07, 6.45) is 2.65. The predicted octanol–water partition coefficient (Wildman–Crippen LogP) is 15.8. The monoisotopic (exact) mass is 840 g/mol. The summed E-state index contributed by atoms with van der Waals surface area (Å²) in [6, 6.07) is 75.2. The molecule has 0 aliphatic rings. The Labute approximate surface area is 379 Å². The number of allylic oxidation sites excluding steroid dienone is 2. The molecule has 0 aliphatic heterocycles. The molecule has 0 N–H and O–H groups in total. The molecule has 2 aromatic heterocycles. The zero-order chi connectivity index (χ0) is 43.4. The summed E-state index contributed by atoms with van der Waals surface area (Å²) in [5.41, 5.74) is 18.4. The number of para-hydroxylation sites is 2. The minimum atomic E-state index is 0.0735. The van der Waals surface area contributed by atoms with Crippen LogP contribution in [0.2, 0.25) is 0 Å². The van der Waals surface area contributed by atoms with Crippen LogP contribution in [0.15, 0.2) is 223 Å². The summed E-state index contributed by atoms with van der Waals surface area (Å²) >= 11 is 4.36. The zero-order valence-corrected chi connectivity index (χ0v) is 36.3. The summed E-state index contributed by atoms with van der Waals surface area (Å²) < 4.78 is 0. The van der Waals surface area contributed by atoms with Crippen molar-refractivity contribution in [3.8, 4) is 78.1 Å². The summed E-state index contributed by atoms with van der Waals surface area (Å²) in [5, 5.41) is 2.26. The number of nitrogens with zero attached hydrogens (tertiary/aromatic N) is 2. The molecule has 0 fully saturated rings. The second-order valence-corrected chi connectivity index (χ2v) is 16.9. The fraction of sp³-hybridized carbons (Fsp3) is 0.0500. The summed E-state index contributed by atoms with van der Waals surface area (Å²) in [7, 11) is 0. The molecule has 0 saturated heterocycles. The lowest BCUT2D eigenvalue weighted by atomic mass is 9.86. The zero-order valence-electron chi connectivity index (χ0n) is 35.4.